The van der Waals surface area contributed by atoms with E-state index >= 15 is 0 Å². The van der Waals surface area contributed by atoms with Crippen molar-refractivity contribution >= 4 is 34.1 Å². The minimum Gasteiger partial charge on any atom is -0.456 e. The number of para-hydroxylation sites is 2. The first kappa shape index (κ1) is 19.7. The molecule has 4 rings (SSSR count). The van der Waals surface area contributed by atoms with Gasteiger partial charge in [0.1, 0.15) is 11.5 Å². The molecule has 1 N–H and O–H groups in total. The standard InChI is InChI=1S/C23H18ClN3O3/c24-19-6-2-4-8-21(19)30-17-11-9-16(10-12-17)26-22(28)13-14-27-15-25-20-7-3-1-5-18(20)23(27)29/h1-12,15H,13-14H2,(H,26,28). The number of fused-ring (bicyclic) bond motifs is 1. The van der Waals surface area contributed by atoms with Gasteiger partial charge in [-0.05, 0) is 48.5 Å². The zero-order chi connectivity index (χ0) is 20.9. The second-order valence-corrected chi connectivity index (χ2v) is 7.02. The summed E-state index contributed by atoms with van der Waals surface area (Å²) in [5.74, 6) is 0.968. The molecule has 1 aromatic heterocycles. The van der Waals surface area contributed by atoms with Gasteiger partial charge in [-0.25, -0.2) is 4.98 Å². The van der Waals surface area contributed by atoms with Gasteiger partial charge in [0.2, 0.25) is 5.91 Å². The van der Waals surface area contributed by atoms with E-state index in [1.807, 2.05) is 18.2 Å². The molecular weight excluding hydrogens is 402 g/mol. The first-order valence-electron chi connectivity index (χ1n) is 9.36. The summed E-state index contributed by atoms with van der Waals surface area (Å²) in [6.45, 7) is 0.246. The molecule has 0 saturated heterocycles. The van der Waals surface area contributed by atoms with Gasteiger partial charge in [-0.1, -0.05) is 35.9 Å². The molecule has 6 nitrogen and oxygen atoms in total. The third kappa shape index (κ3) is 4.50. The molecule has 7 heteroatoms. The second-order valence-electron chi connectivity index (χ2n) is 6.62. The summed E-state index contributed by atoms with van der Waals surface area (Å²) in [4.78, 5) is 29.0. The van der Waals surface area contributed by atoms with Crippen molar-refractivity contribution in [3.05, 3.63) is 94.5 Å². The predicted molar refractivity (Wildman–Crippen MR) is 117 cm³/mol. The van der Waals surface area contributed by atoms with Crippen LogP contribution in [-0.4, -0.2) is 15.5 Å². The van der Waals surface area contributed by atoms with Gasteiger partial charge in [-0.2, -0.15) is 0 Å². The molecule has 0 radical (unpaired) electrons. The highest BCUT2D eigenvalue weighted by atomic mass is 35.5. The third-order valence-corrected chi connectivity index (χ3v) is 4.83. The van der Waals surface area contributed by atoms with E-state index < -0.39 is 0 Å². The van der Waals surface area contributed by atoms with Crippen molar-refractivity contribution in [2.24, 2.45) is 0 Å². The topological polar surface area (TPSA) is 73.2 Å². The molecule has 150 valence electrons. The molecule has 0 spiro atoms. The van der Waals surface area contributed by atoms with Crippen LogP contribution in [0, 0.1) is 0 Å². The van der Waals surface area contributed by atoms with E-state index in [0.717, 1.165) is 0 Å². The molecule has 0 atom stereocenters. The Morgan fingerprint density at radius 3 is 2.53 bits per heavy atom. The minimum atomic E-state index is -0.199. The highest BCUT2D eigenvalue weighted by molar-refractivity contribution is 6.32. The average molecular weight is 420 g/mol. The minimum absolute atomic E-state index is 0.151. The number of aromatic nitrogens is 2. The molecule has 0 bridgehead atoms. The third-order valence-electron chi connectivity index (χ3n) is 4.51. The fraction of sp³-hybridized carbons (Fsp3) is 0.0870. The Hall–Kier alpha value is -3.64. The molecule has 3 aromatic carbocycles. The van der Waals surface area contributed by atoms with Crippen LogP contribution in [0.15, 0.2) is 83.9 Å². The van der Waals surface area contributed by atoms with E-state index in [0.29, 0.717) is 33.1 Å². The Morgan fingerprint density at radius 1 is 1.00 bits per heavy atom. The summed E-state index contributed by atoms with van der Waals surface area (Å²) in [5.41, 5.74) is 1.12. The number of anilines is 1. The molecule has 0 aliphatic heterocycles. The first-order chi connectivity index (χ1) is 14.6. The maximum absolute atomic E-state index is 12.5. The van der Waals surface area contributed by atoms with Gasteiger partial charge < -0.3 is 10.1 Å². The lowest BCUT2D eigenvalue weighted by Gasteiger charge is -2.10. The molecule has 0 aliphatic rings. The van der Waals surface area contributed by atoms with Crippen LogP contribution in [-0.2, 0) is 11.3 Å². The fourth-order valence-corrected chi connectivity index (χ4v) is 3.15. The number of benzene rings is 3. The highest BCUT2D eigenvalue weighted by Gasteiger charge is 2.08. The van der Waals surface area contributed by atoms with Crippen LogP contribution in [0.2, 0.25) is 5.02 Å². The number of hydrogen-bond acceptors (Lipinski definition) is 4. The number of ether oxygens (including phenoxy) is 1. The summed E-state index contributed by atoms with van der Waals surface area (Å²) in [6, 6.07) is 21.3. The molecule has 0 aliphatic carbocycles. The van der Waals surface area contributed by atoms with Crippen LogP contribution in [0.1, 0.15) is 6.42 Å². The van der Waals surface area contributed by atoms with E-state index in [2.05, 4.69) is 10.3 Å². The van der Waals surface area contributed by atoms with Crippen molar-refractivity contribution in [3.63, 3.8) is 0 Å². The van der Waals surface area contributed by atoms with Crippen molar-refractivity contribution in [1.29, 1.82) is 0 Å². The maximum Gasteiger partial charge on any atom is 0.261 e. The number of rotatable bonds is 6. The van der Waals surface area contributed by atoms with Crippen LogP contribution in [0.4, 0.5) is 5.69 Å². The molecular formula is C23H18ClN3O3. The van der Waals surface area contributed by atoms with E-state index in [-0.39, 0.29) is 24.4 Å². The Morgan fingerprint density at radius 2 is 1.73 bits per heavy atom. The molecule has 0 saturated carbocycles. The van der Waals surface area contributed by atoms with Crippen molar-refractivity contribution in [2.75, 3.05) is 5.32 Å². The Labute approximate surface area is 177 Å². The Kier molecular flexibility index (Phi) is 5.77. The van der Waals surface area contributed by atoms with E-state index in [1.165, 1.54) is 10.9 Å². The van der Waals surface area contributed by atoms with Gasteiger partial charge in [-0.3, -0.25) is 14.2 Å². The van der Waals surface area contributed by atoms with Crippen LogP contribution >= 0.6 is 11.6 Å². The summed E-state index contributed by atoms with van der Waals surface area (Å²) >= 11 is 6.09. The molecule has 0 fully saturated rings. The number of carbonyl (C=O) groups is 1. The largest absolute Gasteiger partial charge is 0.456 e. The number of aryl methyl sites for hydroxylation is 1. The maximum atomic E-state index is 12.5. The molecule has 1 amide bonds. The summed E-state index contributed by atoms with van der Waals surface area (Å²) < 4.78 is 7.18. The molecule has 1 heterocycles. The van der Waals surface area contributed by atoms with E-state index in [1.54, 1.807) is 54.6 Å². The second kappa shape index (κ2) is 8.80. The van der Waals surface area contributed by atoms with Gasteiger partial charge in [0.15, 0.2) is 0 Å². The van der Waals surface area contributed by atoms with Crippen LogP contribution in [0.5, 0.6) is 11.5 Å². The molecule has 4 aromatic rings. The van der Waals surface area contributed by atoms with Crippen LogP contribution < -0.4 is 15.6 Å². The SMILES string of the molecule is O=C(CCn1cnc2ccccc2c1=O)Nc1ccc(Oc2ccccc2Cl)cc1. The van der Waals surface area contributed by atoms with Gasteiger partial charge in [0.25, 0.3) is 5.56 Å². The lowest BCUT2D eigenvalue weighted by Crippen LogP contribution is -2.23. The Balaban J connectivity index is 1.36. The number of hydrogen-bond donors (Lipinski definition) is 1. The lowest BCUT2D eigenvalue weighted by atomic mass is 10.2. The van der Waals surface area contributed by atoms with Crippen LogP contribution in [0.3, 0.4) is 0 Å². The number of halogens is 1. The molecule has 30 heavy (non-hydrogen) atoms. The number of nitrogens with one attached hydrogen (secondary N) is 1. The lowest BCUT2D eigenvalue weighted by molar-refractivity contribution is -0.116. The Bertz CT molecular complexity index is 1250. The quantitative estimate of drug-likeness (QED) is 0.484. The van der Waals surface area contributed by atoms with Crippen molar-refractivity contribution in [3.8, 4) is 11.5 Å². The van der Waals surface area contributed by atoms with Gasteiger partial charge >= 0.3 is 0 Å². The van der Waals surface area contributed by atoms with E-state index in [4.69, 9.17) is 16.3 Å². The smallest absolute Gasteiger partial charge is 0.261 e. The zero-order valence-corrected chi connectivity index (χ0v) is 16.7. The van der Waals surface area contributed by atoms with Crippen molar-refractivity contribution in [1.82, 2.24) is 9.55 Å². The number of carbonyl (C=O) groups excluding carboxylic acids is 1. The average Bonchev–Trinajstić information content (AvgIpc) is 2.76. The predicted octanol–water partition coefficient (Wildman–Crippen LogP) is 4.87. The monoisotopic (exact) mass is 419 g/mol. The summed E-state index contributed by atoms with van der Waals surface area (Å²) in [5, 5.41) is 3.87. The van der Waals surface area contributed by atoms with Gasteiger partial charge in [-0.15, -0.1) is 0 Å². The van der Waals surface area contributed by atoms with E-state index in [9.17, 15) is 9.59 Å². The van der Waals surface area contributed by atoms with Crippen molar-refractivity contribution < 1.29 is 9.53 Å². The number of amides is 1. The zero-order valence-electron chi connectivity index (χ0n) is 15.9. The number of nitrogens with zero attached hydrogens (tertiary/aromatic N) is 2. The summed E-state index contributed by atoms with van der Waals surface area (Å²) in [7, 11) is 0. The van der Waals surface area contributed by atoms with Gasteiger partial charge in [0.05, 0.1) is 22.3 Å². The normalized spacial score (nSPS) is 10.7. The fourth-order valence-electron chi connectivity index (χ4n) is 2.97. The van der Waals surface area contributed by atoms with Crippen LogP contribution in [0.25, 0.3) is 10.9 Å². The highest BCUT2D eigenvalue weighted by Crippen LogP contribution is 2.29. The first-order valence-corrected chi connectivity index (χ1v) is 9.74. The summed E-state index contributed by atoms with van der Waals surface area (Å²) in [6.07, 6.45) is 1.62. The molecule has 0 unspecified atom stereocenters. The van der Waals surface area contributed by atoms with Crippen molar-refractivity contribution in [2.45, 2.75) is 13.0 Å². The van der Waals surface area contributed by atoms with Gasteiger partial charge in [0, 0.05) is 18.7 Å².